The molecule has 2 aliphatic carbocycles. The number of hydrogen-bond donors (Lipinski definition) is 2. The number of hydrogen-bond acceptors (Lipinski definition) is 6. The number of rotatable bonds is 9. The maximum absolute atomic E-state index is 14.9. The lowest BCUT2D eigenvalue weighted by atomic mass is 9.89. The predicted molar refractivity (Wildman–Crippen MR) is 143 cm³/mol. The van der Waals surface area contributed by atoms with E-state index in [1.807, 2.05) is 18.8 Å². The Kier molecular flexibility index (Phi) is 8.98. The predicted octanol–water partition coefficient (Wildman–Crippen LogP) is 5.45. The van der Waals surface area contributed by atoms with E-state index >= 15 is 0 Å². The van der Waals surface area contributed by atoms with Gasteiger partial charge in [0, 0.05) is 23.3 Å². The minimum absolute atomic E-state index is 0.0347. The van der Waals surface area contributed by atoms with Crippen LogP contribution >= 0.6 is 11.6 Å². The van der Waals surface area contributed by atoms with Crippen molar-refractivity contribution in [3.63, 3.8) is 0 Å². The van der Waals surface area contributed by atoms with Crippen molar-refractivity contribution in [1.82, 2.24) is 9.62 Å². The minimum Gasteiger partial charge on any atom is -0.492 e. The molecule has 2 aromatic rings. The molecule has 2 atom stereocenters. The van der Waals surface area contributed by atoms with Gasteiger partial charge in [-0.3, -0.25) is 4.79 Å². The molecule has 0 heterocycles. The Labute approximate surface area is 223 Å². The molecular weight excluding hydrogens is 517 g/mol. The number of carbonyl (C=O) groups excluding carboxylic acids is 1. The van der Waals surface area contributed by atoms with Crippen LogP contribution in [0.25, 0.3) is 0 Å². The number of likely N-dealkylation sites (N-methyl/N-ethyl adjacent to an activating group) is 1. The summed E-state index contributed by atoms with van der Waals surface area (Å²) in [6.07, 6.45) is 8.88. The SMILES string of the molecule is CN(C)[C@H]1CCCC[C@@H]1Nc1ccc(S(=O)(=O)NC(=O)c2ccc(OCC3CCCC3)c(Cl)c2)c(F)c1. The molecule has 0 radical (unpaired) electrons. The summed E-state index contributed by atoms with van der Waals surface area (Å²) in [7, 11) is -0.398. The largest absolute Gasteiger partial charge is 0.492 e. The van der Waals surface area contributed by atoms with Crippen LogP contribution < -0.4 is 14.8 Å². The van der Waals surface area contributed by atoms with Crippen molar-refractivity contribution in [2.45, 2.75) is 68.3 Å². The average molecular weight is 552 g/mol. The zero-order valence-electron chi connectivity index (χ0n) is 21.3. The van der Waals surface area contributed by atoms with Crippen LogP contribution in [0.3, 0.4) is 0 Å². The van der Waals surface area contributed by atoms with Crippen LogP contribution in [-0.2, 0) is 10.0 Å². The highest BCUT2D eigenvalue weighted by Crippen LogP contribution is 2.30. The van der Waals surface area contributed by atoms with Gasteiger partial charge in [0.2, 0.25) is 0 Å². The number of amides is 1. The third kappa shape index (κ3) is 6.94. The van der Waals surface area contributed by atoms with Crippen molar-refractivity contribution in [2.24, 2.45) is 5.92 Å². The van der Waals surface area contributed by atoms with Gasteiger partial charge in [-0.05, 0) is 82.1 Å². The topological polar surface area (TPSA) is 87.7 Å². The van der Waals surface area contributed by atoms with Gasteiger partial charge < -0.3 is 15.0 Å². The first-order chi connectivity index (χ1) is 17.6. The van der Waals surface area contributed by atoms with Gasteiger partial charge in [0.15, 0.2) is 0 Å². The number of carbonyl (C=O) groups is 1. The summed E-state index contributed by atoms with van der Waals surface area (Å²) in [4.78, 5) is 14.2. The van der Waals surface area contributed by atoms with Crippen molar-refractivity contribution >= 4 is 33.2 Å². The van der Waals surface area contributed by atoms with E-state index in [0.29, 0.717) is 30.0 Å². The summed E-state index contributed by atoms with van der Waals surface area (Å²) in [5.41, 5.74) is 0.536. The number of benzene rings is 2. The lowest BCUT2D eigenvalue weighted by molar-refractivity contribution is 0.0981. The van der Waals surface area contributed by atoms with Crippen LogP contribution in [0.1, 0.15) is 61.7 Å². The molecule has 2 saturated carbocycles. The molecule has 10 heteroatoms. The van der Waals surface area contributed by atoms with E-state index in [1.165, 1.54) is 37.1 Å². The molecule has 0 spiro atoms. The molecule has 2 aromatic carbocycles. The van der Waals surface area contributed by atoms with Gasteiger partial charge >= 0.3 is 0 Å². The molecular formula is C27H35ClFN3O4S. The minimum atomic E-state index is -4.44. The molecule has 202 valence electrons. The van der Waals surface area contributed by atoms with Crippen LogP contribution in [0.4, 0.5) is 10.1 Å². The summed E-state index contributed by atoms with van der Waals surface area (Å²) in [5, 5.41) is 3.56. The summed E-state index contributed by atoms with van der Waals surface area (Å²) < 4.78 is 48.3. The van der Waals surface area contributed by atoms with Gasteiger partial charge in [-0.1, -0.05) is 37.3 Å². The second-order valence-electron chi connectivity index (χ2n) is 10.3. The fraction of sp³-hybridized carbons (Fsp3) is 0.519. The summed E-state index contributed by atoms with van der Waals surface area (Å²) >= 11 is 6.28. The molecule has 7 nitrogen and oxygen atoms in total. The van der Waals surface area contributed by atoms with Gasteiger partial charge in [-0.25, -0.2) is 17.5 Å². The number of ether oxygens (including phenoxy) is 1. The second kappa shape index (κ2) is 12.0. The Balaban J connectivity index is 1.41. The van der Waals surface area contributed by atoms with Crippen LogP contribution in [0.15, 0.2) is 41.3 Å². The van der Waals surface area contributed by atoms with Gasteiger partial charge in [-0.15, -0.1) is 0 Å². The molecule has 0 unspecified atom stereocenters. The standard InChI is InChI=1S/C27H35ClFN3O4S/c1-32(2)24-10-6-5-9-23(24)30-20-12-14-26(22(29)16-20)37(34,35)31-27(33)19-11-13-25(21(28)15-19)36-17-18-7-3-4-8-18/h11-16,18,23-24,30H,3-10,17H2,1-2H3,(H,31,33)/t23-,24-/m0/s1. The molecule has 2 fully saturated rings. The molecule has 37 heavy (non-hydrogen) atoms. The fourth-order valence-electron chi connectivity index (χ4n) is 5.30. The van der Waals surface area contributed by atoms with Crippen molar-refractivity contribution in [3.8, 4) is 5.75 Å². The van der Waals surface area contributed by atoms with Crippen LogP contribution in [0, 0.1) is 11.7 Å². The molecule has 4 rings (SSSR count). The average Bonchev–Trinajstić information content (AvgIpc) is 3.37. The first kappa shape index (κ1) is 27.7. The Bertz CT molecular complexity index is 1220. The van der Waals surface area contributed by atoms with E-state index in [1.54, 1.807) is 6.07 Å². The Morgan fingerprint density at radius 3 is 2.43 bits per heavy atom. The van der Waals surface area contributed by atoms with Gasteiger partial charge in [0.25, 0.3) is 15.9 Å². The number of anilines is 1. The number of sulfonamides is 1. The van der Waals surface area contributed by atoms with Crippen LogP contribution in [0.5, 0.6) is 5.75 Å². The monoisotopic (exact) mass is 551 g/mol. The Morgan fingerprint density at radius 2 is 1.76 bits per heavy atom. The zero-order chi connectivity index (χ0) is 26.6. The van der Waals surface area contributed by atoms with Crippen molar-refractivity contribution < 1.29 is 22.3 Å². The van der Waals surface area contributed by atoms with E-state index in [9.17, 15) is 17.6 Å². The van der Waals surface area contributed by atoms with Crippen molar-refractivity contribution in [1.29, 1.82) is 0 Å². The van der Waals surface area contributed by atoms with E-state index in [0.717, 1.165) is 44.6 Å². The Morgan fingerprint density at radius 1 is 1.05 bits per heavy atom. The van der Waals surface area contributed by atoms with Crippen molar-refractivity contribution in [3.05, 3.63) is 52.8 Å². The molecule has 0 saturated heterocycles. The highest BCUT2D eigenvalue weighted by atomic mass is 35.5. The van der Waals surface area contributed by atoms with Crippen LogP contribution in [-0.4, -0.2) is 52.0 Å². The lowest BCUT2D eigenvalue weighted by Gasteiger charge is -2.37. The molecule has 0 aliphatic heterocycles. The maximum atomic E-state index is 14.9. The molecule has 2 aliphatic rings. The molecule has 0 aromatic heterocycles. The van der Waals surface area contributed by atoms with Gasteiger partial charge in [-0.2, -0.15) is 0 Å². The molecule has 2 N–H and O–H groups in total. The van der Waals surface area contributed by atoms with E-state index in [4.69, 9.17) is 16.3 Å². The summed E-state index contributed by atoms with van der Waals surface area (Å²) in [5.74, 6) is -0.896. The third-order valence-corrected chi connectivity index (χ3v) is 9.00. The van der Waals surface area contributed by atoms with Crippen LogP contribution in [0.2, 0.25) is 5.02 Å². The summed E-state index contributed by atoms with van der Waals surface area (Å²) in [6, 6.07) is 8.65. The molecule has 1 amide bonds. The Hall–Kier alpha value is -2.36. The van der Waals surface area contributed by atoms with Crippen molar-refractivity contribution in [2.75, 3.05) is 26.0 Å². The first-order valence-electron chi connectivity index (χ1n) is 12.9. The lowest BCUT2D eigenvalue weighted by Crippen LogP contribution is -2.45. The maximum Gasteiger partial charge on any atom is 0.267 e. The van der Waals surface area contributed by atoms with Gasteiger partial charge in [0.1, 0.15) is 16.5 Å². The zero-order valence-corrected chi connectivity index (χ0v) is 22.9. The highest BCUT2D eigenvalue weighted by Gasteiger charge is 2.28. The third-order valence-electron chi connectivity index (χ3n) is 7.34. The first-order valence-corrected chi connectivity index (χ1v) is 14.7. The number of halogens is 2. The van der Waals surface area contributed by atoms with Gasteiger partial charge in [0.05, 0.1) is 11.6 Å². The number of nitrogens with one attached hydrogen (secondary N) is 2. The molecule has 0 bridgehead atoms. The van der Waals surface area contributed by atoms with E-state index in [-0.39, 0.29) is 16.6 Å². The van der Waals surface area contributed by atoms with E-state index < -0.39 is 26.6 Å². The highest BCUT2D eigenvalue weighted by molar-refractivity contribution is 7.90. The number of nitrogens with zero attached hydrogens (tertiary/aromatic N) is 1. The fourth-order valence-corrected chi connectivity index (χ4v) is 6.57. The quantitative estimate of drug-likeness (QED) is 0.431. The normalized spacial score (nSPS) is 20.7. The summed E-state index contributed by atoms with van der Waals surface area (Å²) in [6.45, 7) is 0.556. The second-order valence-corrected chi connectivity index (χ2v) is 12.3. The van der Waals surface area contributed by atoms with E-state index in [2.05, 4.69) is 10.2 Å². The smallest absolute Gasteiger partial charge is 0.267 e.